The van der Waals surface area contributed by atoms with Crippen molar-refractivity contribution in [2.75, 3.05) is 32.9 Å². The Kier molecular flexibility index (Phi) is 5.65. The molecule has 1 aromatic rings. The smallest absolute Gasteiger partial charge is 0.223 e. The molecule has 1 amide bonds. The van der Waals surface area contributed by atoms with Crippen LogP contribution in [0.5, 0.6) is 0 Å². The van der Waals surface area contributed by atoms with Crippen molar-refractivity contribution in [1.29, 1.82) is 0 Å². The number of amides is 1. The monoisotopic (exact) mass is 249 g/mol. The highest BCUT2D eigenvalue weighted by atomic mass is 16.1. The van der Waals surface area contributed by atoms with Crippen molar-refractivity contribution in [3.05, 3.63) is 29.8 Å². The molecule has 0 saturated carbocycles. The van der Waals surface area contributed by atoms with E-state index in [2.05, 4.69) is 10.2 Å². The van der Waals surface area contributed by atoms with Crippen LogP contribution in [0.25, 0.3) is 0 Å². The van der Waals surface area contributed by atoms with Crippen molar-refractivity contribution in [3.63, 3.8) is 0 Å². The summed E-state index contributed by atoms with van der Waals surface area (Å²) in [4.78, 5) is 13.6. The molecule has 0 aromatic heterocycles. The van der Waals surface area contributed by atoms with Gasteiger partial charge in [-0.2, -0.15) is 0 Å². The largest absolute Gasteiger partial charge is 0.399 e. The molecule has 0 spiro atoms. The molecule has 1 atom stereocenters. The van der Waals surface area contributed by atoms with Gasteiger partial charge in [-0.15, -0.1) is 0 Å². The summed E-state index contributed by atoms with van der Waals surface area (Å²) in [5.74, 6) is 0.112. The molecule has 0 aliphatic heterocycles. The first kappa shape index (κ1) is 14.5. The van der Waals surface area contributed by atoms with Gasteiger partial charge < -0.3 is 16.0 Å². The van der Waals surface area contributed by atoms with Gasteiger partial charge in [-0.3, -0.25) is 4.79 Å². The summed E-state index contributed by atoms with van der Waals surface area (Å²) in [5.41, 5.74) is 7.70. The number of hydrogen-bond acceptors (Lipinski definition) is 3. The van der Waals surface area contributed by atoms with Crippen LogP contribution in [0.2, 0.25) is 0 Å². The molecular weight excluding hydrogens is 226 g/mol. The maximum Gasteiger partial charge on any atom is 0.223 e. The fraction of sp³-hybridized carbons (Fsp3) is 0.500. The Bertz CT molecular complexity index is 375. The number of carbonyl (C=O) groups is 1. The molecular formula is C14H23N3O. The van der Waals surface area contributed by atoms with Gasteiger partial charge in [0.1, 0.15) is 0 Å². The molecule has 3 N–H and O–H groups in total. The molecule has 0 fully saturated rings. The van der Waals surface area contributed by atoms with Gasteiger partial charge in [-0.05, 0) is 31.2 Å². The van der Waals surface area contributed by atoms with E-state index in [-0.39, 0.29) is 11.8 Å². The second-order valence-corrected chi connectivity index (χ2v) is 4.77. The van der Waals surface area contributed by atoms with E-state index in [1.807, 2.05) is 38.2 Å². The maximum absolute atomic E-state index is 11.4. The number of nitrogens with zero attached hydrogens (tertiary/aromatic N) is 1. The first-order valence-electron chi connectivity index (χ1n) is 6.27. The minimum absolute atomic E-state index is 0.0198. The Hall–Kier alpha value is -1.55. The van der Waals surface area contributed by atoms with Gasteiger partial charge in [0, 0.05) is 31.7 Å². The summed E-state index contributed by atoms with van der Waals surface area (Å²) in [6.45, 7) is 3.65. The Morgan fingerprint density at radius 3 is 2.56 bits per heavy atom. The van der Waals surface area contributed by atoms with E-state index >= 15 is 0 Å². The number of carbonyl (C=O) groups excluding carboxylic acids is 1. The van der Waals surface area contributed by atoms with Crippen LogP contribution in [0.1, 0.15) is 12.5 Å². The Morgan fingerprint density at radius 1 is 1.39 bits per heavy atom. The van der Waals surface area contributed by atoms with Gasteiger partial charge >= 0.3 is 0 Å². The van der Waals surface area contributed by atoms with Crippen molar-refractivity contribution in [3.8, 4) is 0 Å². The van der Waals surface area contributed by atoms with E-state index in [0.717, 1.165) is 25.2 Å². The fourth-order valence-electron chi connectivity index (χ4n) is 1.89. The summed E-state index contributed by atoms with van der Waals surface area (Å²) >= 11 is 0. The molecule has 0 aliphatic rings. The normalized spacial score (nSPS) is 12.4. The number of likely N-dealkylation sites (N-methyl/N-ethyl adjacent to an activating group) is 1. The molecule has 18 heavy (non-hydrogen) atoms. The van der Waals surface area contributed by atoms with E-state index in [1.165, 1.54) is 5.56 Å². The molecule has 0 aliphatic carbocycles. The Labute approximate surface area is 109 Å². The maximum atomic E-state index is 11.4. The Balaban J connectivity index is 2.34. The number of benzene rings is 1. The molecule has 0 bridgehead atoms. The van der Waals surface area contributed by atoms with Crippen molar-refractivity contribution in [2.45, 2.75) is 13.3 Å². The summed E-state index contributed by atoms with van der Waals surface area (Å²) in [5, 5.41) is 2.67. The highest BCUT2D eigenvalue weighted by Crippen LogP contribution is 2.07. The number of anilines is 1. The SMILES string of the molecule is CNC(=O)C(C)CN(C)CCc1ccc(N)cc1. The lowest BCUT2D eigenvalue weighted by atomic mass is 10.1. The standard InChI is InChI=1S/C14H23N3O/c1-11(14(18)16-2)10-17(3)9-8-12-4-6-13(15)7-5-12/h4-7,11H,8-10,15H2,1-3H3,(H,16,18). The number of nitrogens with one attached hydrogen (secondary N) is 1. The van der Waals surface area contributed by atoms with E-state index in [4.69, 9.17) is 5.73 Å². The van der Waals surface area contributed by atoms with Crippen LogP contribution < -0.4 is 11.1 Å². The third kappa shape index (κ3) is 4.75. The van der Waals surface area contributed by atoms with Crippen molar-refractivity contribution in [2.24, 2.45) is 5.92 Å². The van der Waals surface area contributed by atoms with Gasteiger partial charge in [0.25, 0.3) is 0 Å². The quantitative estimate of drug-likeness (QED) is 0.743. The van der Waals surface area contributed by atoms with Crippen LogP contribution in [0.4, 0.5) is 5.69 Å². The zero-order valence-electron chi connectivity index (χ0n) is 11.4. The summed E-state index contributed by atoms with van der Waals surface area (Å²) in [7, 11) is 3.71. The van der Waals surface area contributed by atoms with Gasteiger partial charge in [0.15, 0.2) is 0 Å². The van der Waals surface area contributed by atoms with Crippen molar-refractivity contribution in [1.82, 2.24) is 10.2 Å². The second-order valence-electron chi connectivity index (χ2n) is 4.77. The van der Waals surface area contributed by atoms with Crippen molar-refractivity contribution >= 4 is 11.6 Å². The molecule has 1 aromatic carbocycles. The molecule has 0 heterocycles. The van der Waals surface area contributed by atoms with Crippen molar-refractivity contribution < 1.29 is 4.79 Å². The van der Waals surface area contributed by atoms with Crippen LogP contribution in [0.15, 0.2) is 24.3 Å². The third-order valence-electron chi connectivity index (χ3n) is 3.04. The number of rotatable bonds is 6. The van der Waals surface area contributed by atoms with E-state index < -0.39 is 0 Å². The number of nitrogens with two attached hydrogens (primary N) is 1. The zero-order chi connectivity index (χ0) is 13.5. The van der Waals surface area contributed by atoms with Gasteiger partial charge in [0.05, 0.1) is 0 Å². The summed E-state index contributed by atoms with van der Waals surface area (Å²) in [6.07, 6.45) is 0.969. The average Bonchev–Trinajstić information content (AvgIpc) is 2.37. The van der Waals surface area contributed by atoms with Gasteiger partial charge in [0.2, 0.25) is 5.91 Å². The topological polar surface area (TPSA) is 58.4 Å². The number of nitrogen functional groups attached to an aromatic ring is 1. The first-order valence-corrected chi connectivity index (χ1v) is 6.27. The Morgan fingerprint density at radius 2 is 2.00 bits per heavy atom. The lowest BCUT2D eigenvalue weighted by molar-refractivity contribution is -0.124. The molecule has 4 heteroatoms. The summed E-state index contributed by atoms with van der Waals surface area (Å²) in [6, 6.07) is 7.93. The van der Waals surface area contributed by atoms with Gasteiger partial charge in [-0.25, -0.2) is 0 Å². The minimum atomic E-state index is 0.0198. The molecule has 0 saturated heterocycles. The van der Waals surface area contributed by atoms with E-state index in [1.54, 1.807) is 7.05 Å². The average molecular weight is 249 g/mol. The summed E-state index contributed by atoms with van der Waals surface area (Å²) < 4.78 is 0. The van der Waals surface area contributed by atoms with Gasteiger partial charge in [-0.1, -0.05) is 19.1 Å². The molecule has 100 valence electrons. The van der Waals surface area contributed by atoms with Crippen LogP contribution in [0, 0.1) is 5.92 Å². The van der Waals surface area contributed by atoms with E-state index in [9.17, 15) is 4.79 Å². The first-order chi connectivity index (χ1) is 8.52. The van der Waals surface area contributed by atoms with E-state index in [0.29, 0.717) is 0 Å². The van der Waals surface area contributed by atoms with Crippen LogP contribution in [-0.2, 0) is 11.2 Å². The lowest BCUT2D eigenvalue weighted by Crippen LogP contribution is -2.35. The molecule has 4 nitrogen and oxygen atoms in total. The highest BCUT2D eigenvalue weighted by molar-refractivity contribution is 5.78. The highest BCUT2D eigenvalue weighted by Gasteiger charge is 2.13. The zero-order valence-corrected chi connectivity index (χ0v) is 11.4. The molecule has 1 unspecified atom stereocenters. The van der Waals surface area contributed by atoms with Crippen LogP contribution in [0.3, 0.4) is 0 Å². The van der Waals surface area contributed by atoms with Crippen LogP contribution >= 0.6 is 0 Å². The molecule has 1 rings (SSSR count). The minimum Gasteiger partial charge on any atom is -0.399 e. The van der Waals surface area contributed by atoms with Crippen LogP contribution in [-0.4, -0.2) is 38.0 Å². The molecule has 0 radical (unpaired) electrons. The predicted octanol–water partition coefficient (Wildman–Crippen LogP) is 1.13. The number of hydrogen-bond donors (Lipinski definition) is 2. The predicted molar refractivity (Wildman–Crippen MR) is 75.3 cm³/mol. The lowest BCUT2D eigenvalue weighted by Gasteiger charge is -2.20. The second kappa shape index (κ2) is 7.01. The third-order valence-corrected chi connectivity index (χ3v) is 3.04. The fourth-order valence-corrected chi connectivity index (χ4v) is 1.89.